The molecule has 0 radical (unpaired) electrons. The van der Waals surface area contributed by atoms with Crippen LogP contribution in [-0.4, -0.2) is 4.32 Å². The average Bonchev–Trinajstić information content (AvgIpc) is 0.811. The topological polar surface area (TPSA) is 26.0 Å². The van der Waals surface area contributed by atoms with Crippen LogP contribution in [0.3, 0.4) is 0 Å². The summed E-state index contributed by atoms with van der Waals surface area (Å²) in [6.45, 7) is 0. The Kier molecular flexibility index (Phi) is 9.30. The lowest BCUT2D eigenvalue weighted by molar-refractivity contribution is 1.91. The molecule has 0 rings (SSSR count). The number of hydrogen-bond donors (Lipinski definition) is 2. The Morgan fingerprint density at radius 3 is 1.80 bits per heavy atom. The summed E-state index contributed by atoms with van der Waals surface area (Å²) in [5, 5.41) is 0. The van der Waals surface area contributed by atoms with E-state index in [9.17, 15) is 0 Å². The van der Waals surface area contributed by atoms with Gasteiger partial charge in [-0.25, -0.2) is 0 Å². The molecule has 0 aromatic carbocycles. The maximum absolute atomic E-state index is 4.71. The van der Waals surface area contributed by atoms with Gasteiger partial charge in [-0.3, -0.25) is 0 Å². The van der Waals surface area contributed by atoms with Gasteiger partial charge in [0.05, 0.1) is 0 Å². The SMILES string of the molecule is I.NC(=S)S. The molecule has 0 aromatic heterocycles. The van der Waals surface area contributed by atoms with Gasteiger partial charge in [-0.2, -0.15) is 0 Å². The zero-order valence-corrected chi connectivity index (χ0v) is 6.38. The Morgan fingerprint density at radius 1 is 1.80 bits per heavy atom. The van der Waals surface area contributed by atoms with Crippen molar-refractivity contribution in [3.63, 3.8) is 0 Å². The van der Waals surface area contributed by atoms with Gasteiger partial charge >= 0.3 is 0 Å². The molecule has 0 aliphatic rings. The number of thiocarbonyl (C=S) groups is 1. The molecule has 5 heavy (non-hydrogen) atoms. The second kappa shape index (κ2) is 4.97. The van der Waals surface area contributed by atoms with Crippen molar-refractivity contribution in [3.05, 3.63) is 0 Å². The number of nitrogens with two attached hydrogens (primary N) is 1. The smallest absolute Gasteiger partial charge is 0.128 e. The van der Waals surface area contributed by atoms with E-state index in [-0.39, 0.29) is 28.3 Å². The highest BCUT2D eigenvalue weighted by Crippen LogP contribution is 1.63. The van der Waals surface area contributed by atoms with E-state index in [0.717, 1.165) is 0 Å². The van der Waals surface area contributed by atoms with Crippen molar-refractivity contribution in [1.29, 1.82) is 0 Å². The first-order valence-corrected chi connectivity index (χ1v) is 1.57. The van der Waals surface area contributed by atoms with Crippen LogP contribution in [0.5, 0.6) is 0 Å². The van der Waals surface area contributed by atoms with Gasteiger partial charge < -0.3 is 5.73 Å². The quantitative estimate of drug-likeness (QED) is 0.359. The Balaban J connectivity index is 0. The zero-order valence-electron chi connectivity index (χ0n) is 2.34. The van der Waals surface area contributed by atoms with Crippen LogP contribution in [0.15, 0.2) is 0 Å². The summed E-state index contributed by atoms with van der Waals surface area (Å²) in [6.07, 6.45) is 0. The van der Waals surface area contributed by atoms with Crippen LogP contribution in [0.25, 0.3) is 0 Å². The van der Waals surface area contributed by atoms with Gasteiger partial charge in [0.1, 0.15) is 4.32 Å². The molecular weight excluding hydrogens is 217 g/mol. The van der Waals surface area contributed by atoms with Crippen molar-refractivity contribution in [1.82, 2.24) is 0 Å². The molecule has 0 unspecified atom stereocenters. The van der Waals surface area contributed by atoms with Crippen molar-refractivity contribution in [2.24, 2.45) is 5.73 Å². The van der Waals surface area contributed by atoms with E-state index >= 15 is 0 Å². The summed E-state index contributed by atoms with van der Waals surface area (Å²) >= 11 is 7.65. The summed E-state index contributed by atoms with van der Waals surface area (Å²) in [7, 11) is 0. The van der Waals surface area contributed by atoms with Gasteiger partial charge in [-0.1, -0.05) is 12.2 Å². The molecule has 0 aliphatic heterocycles. The summed E-state index contributed by atoms with van der Waals surface area (Å²) in [5.74, 6) is 0. The van der Waals surface area contributed by atoms with Crippen molar-refractivity contribution in [2.45, 2.75) is 0 Å². The van der Waals surface area contributed by atoms with Crippen LogP contribution < -0.4 is 5.73 Å². The van der Waals surface area contributed by atoms with Crippen molar-refractivity contribution in [2.75, 3.05) is 0 Å². The fourth-order valence-corrected chi connectivity index (χ4v) is 0. The van der Waals surface area contributed by atoms with E-state index in [2.05, 4.69) is 24.8 Å². The monoisotopic (exact) mass is 221 g/mol. The van der Waals surface area contributed by atoms with Crippen LogP contribution in [0.2, 0.25) is 0 Å². The molecule has 0 heterocycles. The molecule has 0 bridgehead atoms. The van der Waals surface area contributed by atoms with Crippen LogP contribution in [0.1, 0.15) is 0 Å². The number of thiol groups is 1. The highest BCUT2D eigenvalue weighted by atomic mass is 127. The highest BCUT2D eigenvalue weighted by molar-refractivity contribution is 14.0. The van der Waals surface area contributed by atoms with E-state index in [1.807, 2.05) is 0 Å². The van der Waals surface area contributed by atoms with Gasteiger partial charge in [-0.15, -0.1) is 36.6 Å². The molecular formula is CH4INS2. The standard InChI is InChI=1S/CH3NS2.HI/c2-1(3)4;/h(H3,2,3,4);1H. The zero-order chi connectivity index (χ0) is 3.58. The van der Waals surface area contributed by atoms with Gasteiger partial charge in [0.15, 0.2) is 0 Å². The second-order valence-corrected chi connectivity index (χ2v) is 1.56. The predicted octanol–water partition coefficient (Wildman–Crippen LogP) is 0.778. The molecule has 0 fully saturated rings. The van der Waals surface area contributed by atoms with Crippen molar-refractivity contribution >= 4 is 53.1 Å². The molecule has 0 amide bonds. The van der Waals surface area contributed by atoms with Crippen LogP contribution in [0, 0.1) is 0 Å². The minimum absolute atomic E-state index is 0. The molecule has 0 saturated heterocycles. The summed E-state index contributed by atoms with van der Waals surface area (Å²) < 4.78 is 0.194. The first-order chi connectivity index (χ1) is 1.73. The first kappa shape index (κ1) is 9.36. The van der Waals surface area contributed by atoms with Gasteiger partial charge in [0.25, 0.3) is 0 Å². The molecule has 0 aliphatic carbocycles. The van der Waals surface area contributed by atoms with E-state index < -0.39 is 0 Å². The number of rotatable bonds is 0. The van der Waals surface area contributed by atoms with Crippen LogP contribution in [-0.2, 0) is 0 Å². The minimum atomic E-state index is 0. The average molecular weight is 221 g/mol. The predicted molar refractivity (Wildman–Crippen MR) is 41.2 cm³/mol. The Morgan fingerprint density at radius 2 is 1.80 bits per heavy atom. The summed E-state index contributed by atoms with van der Waals surface area (Å²) in [4.78, 5) is 0. The maximum Gasteiger partial charge on any atom is 0.128 e. The third-order valence-electron chi connectivity index (χ3n) is 0. The minimum Gasteiger partial charge on any atom is -0.385 e. The Hall–Kier alpha value is 0.970. The fourth-order valence-electron chi connectivity index (χ4n) is 0. The third-order valence-corrected chi connectivity index (χ3v) is 0. The third kappa shape index (κ3) is 46.6. The van der Waals surface area contributed by atoms with Crippen LogP contribution >= 0.6 is 48.8 Å². The molecule has 0 atom stereocenters. The lowest BCUT2D eigenvalue weighted by Crippen LogP contribution is -1.94. The number of hydrogen-bond acceptors (Lipinski definition) is 1. The molecule has 1 nitrogen and oxygen atoms in total. The lowest BCUT2D eigenvalue weighted by atomic mass is 11.5. The van der Waals surface area contributed by atoms with E-state index in [4.69, 9.17) is 5.73 Å². The largest absolute Gasteiger partial charge is 0.385 e. The van der Waals surface area contributed by atoms with Crippen molar-refractivity contribution < 1.29 is 0 Å². The highest BCUT2D eigenvalue weighted by Gasteiger charge is 1.55. The lowest BCUT2D eigenvalue weighted by Gasteiger charge is -1.64. The second-order valence-electron chi connectivity index (χ2n) is 0.338. The van der Waals surface area contributed by atoms with E-state index in [1.165, 1.54) is 0 Å². The van der Waals surface area contributed by atoms with Crippen molar-refractivity contribution in [3.8, 4) is 0 Å². The summed E-state index contributed by atoms with van der Waals surface area (Å²) in [5.41, 5.74) is 4.71. The van der Waals surface area contributed by atoms with E-state index in [0.29, 0.717) is 0 Å². The molecule has 0 saturated carbocycles. The van der Waals surface area contributed by atoms with Crippen LogP contribution in [0.4, 0.5) is 0 Å². The normalized spacial score (nSPS) is 5.00. The first-order valence-electron chi connectivity index (χ1n) is 0.716. The summed E-state index contributed by atoms with van der Waals surface area (Å²) in [6, 6.07) is 0. The number of halogens is 1. The molecule has 0 aromatic rings. The van der Waals surface area contributed by atoms with E-state index in [1.54, 1.807) is 0 Å². The molecule has 4 heteroatoms. The molecule has 0 spiro atoms. The molecule has 2 N–H and O–H groups in total. The van der Waals surface area contributed by atoms with Gasteiger partial charge in [0, 0.05) is 0 Å². The maximum atomic E-state index is 4.71. The molecule has 32 valence electrons. The Labute approximate surface area is 58.7 Å². The van der Waals surface area contributed by atoms with Gasteiger partial charge in [0.2, 0.25) is 0 Å². The fraction of sp³-hybridized carbons (Fsp3) is 0. The Bertz CT molecular complexity index is 32.6. The van der Waals surface area contributed by atoms with Gasteiger partial charge in [-0.05, 0) is 0 Å².